The number of anilines is 3. The summed E-state index contributed by atoms with van der Waals surface area (Å²) in [5, 5.41) is 30.0. The van der Waals surface area contributed by atoms with Crippen LogP contribution in [0, 0.1) is 0 Å². The molecule has 4 rings (SSSR count). The van der Waals surface area contributed by atoms with Gasteiger partial charge in [-0.15, -0.1) is 21.1 Å². The molecular formula is C24H34N13O8S2+. The molecule has 2 aliphatic heterocycles. The highest BCUT2D eigenvalue weighted by Crippen LogP contribution is 2.40. The van der Waals surface area contributed by atoms with Crippen LogP contribution in [0.15, 0.2) is 22.6 Å². The van der Waals surface area contributed by atoms with Crippen LogP contribution >= 0.6 is 23.3 Å². The molecule has 2 aliphatic rings. The highest BCUT2D eigenvalue weighted by Gasteiger charge is 2.55. The number of thioether (sulfide) groups is 1. The Morgan fingerprint density at radius 1 is 1.23 bits per heavy atom. The maximum Gasteiger partial charge on any atom is 0.352 e. The van der Waals surface area contributed by atoms with Crippen molar-refractivity contribution in [1.29, 1.82) is 0 Å². The first kappa shape index (κ1) is 34.9. The fraction of sp³-hybridized carbons (Fsp3) is 0.458. The summed E-state index contributed by atoms with van der Waals surface area (Å²) in [6, 6.07) is -2.21. The second-order valence-electron chi connectivity index (χ2n) is 10.7. The number of carbonyl (C=O) groups excluding carboxylic acids is 3. The minimum Gasteiger partial charge on any atom is -0.478 e. The molecule has 23 heteroatoms. The van der Waals surface area contributed by atoms with Crippen LogP contribution in [0.4, 0.5) is 21.4 Å². The summed E-state index contributed by atoms with van der Waals surface area (Å²) in [7, 11) is 1.60. The molecule has 47 heavy (non-hydrogen) atoms. The first-order valence-corrected chi connectivity index (χ1v) is 15.5. The van der Waals surface area contributed by atoms with Gasteiger partial charge in [0, 0.05) is 35.9 Å². The van der Waals surface area contributed by atoms with Gasteiger partial charge in [-0.2, -0.15) is 9.36 Å². The van der Waals surface area contributed by atoms with E-state index in [9.17, 15) is 34.2 Å². The molecule has 0 aliphatic carbocycles. The molecule has 0 bridgehead atoms. The Morgan fingerprint density at radius 2 is 1.91 bits per heavy atom. The highest BCUT2D eigenvalue weighted by molar-refractivity contribution is 8.00. The maximum absolute atomic E-state index is 13.3. The largest absolute Gasteiger partial charge is 0.478 e. The molecule has 2 atom stereocenters. The summed E-state index contributed by atoms with van der Waals surface area (Å²) >= 11 is 1.95. The predicted molar refractivity (Wildman–Crippen MR) is 167 cm³/mol. The Balaban J connectivity index is 1.53. The minimum absolute atomic E-state index is 0.00802. The van der Waals surface area contributed by atoms with E-state index in [1.807, 2.05) is 0 Å². The average Bonchev–Trinajstić information content (AvgIpc) is 3.56. The zero-order valence-electron chi connectivity index (χ0n) is 25.3. The lowest BCUT2D eigenvalue weighted by Crippen LogP contribution is -2.71. The summed E-state index contributed by atoms with van der Waals surface area (Å²) < 4.78 is 6.98. The Hall–Kier alpha value is -5.00. The molecular weight excluding hydrogens is 662 g/mol. The van der Waals surface area contributed by atoms with Crippen molar-refractivity contribution in [2.24, 2.45) is 23.7 Å². The number of carboxylic acid groups (broad SMARTS) is 2. The van der Waals surface area contributed by atoms with Crippen molar-refractivity contribution < 1.29 is 43.7 Å². The number of carboxylic acids is 2. The van der Waals surface area contributed by atoms with Crippen LogP contribution in [-0.4, -0.2) is 107 Å². The smallest absolute Gasteiger partial charge is 0.352 e. The first-order chi connectivity index (χ1) is 22.1. The molecule has 0 spiro atoms. The van der Waals surface area contributed by atoms with Crippen LogP contribution in [0.25, 0.3) is 0 Å². The number of hydrogen-bond acceptors (Lipinski definition) is 15. The number of β-lactam (4-membered cyclic amide) rings is 1. The van der Waals surface area contributed by atoms with Crippen molar-refractivity contribution in [2.75, 3.05) is 35.6 Å². The molecule has 2 aromatic heterocycles. The Labute approximate surface area is 274 Å². The van der Waals surface area contributed by atoms with Gasteiger partial charge in [-0.25, -0.2) is 14.4 Å². The molecule has 1 fully saturated rings. The number of nitrogens with one attached hydrogen (secondary N) is 3. The second kappa shape index (κ2) is 13.8. The van der Waals surface area contributed by atoms with E-state index in [4.69, 9.17) is 27.8 Å². The van der Waals surface area contributed by atoms with Gasteiger partial charge >= 0.3 is 18.0 Å². The zero-order chi connectivity index (χ0) is 34.8. The van der Waals surface area contributed by atoms with Crippen molar-refractivity contribution >= 4 is 75.4 Å². The van der Waals surface area contributed by atoms with Crippen molar-refractivity contribution in [2.45, 2.75) is 43.5 Å². The number of oxime groups is 1. The van der Waals surface area contributed by atoms with Crippen LogP contribution in [0.2, 0.25) is 0 Å². The van der Waals surface area contributed by atoms with Crippen LogP contribution in [0.3, 0.4) is 0 Å². The standard InChI is InChI=1S/C24H33N13O8S2/c1-24(2,21(42)43)45-33-12(16-32-22(28)47-34-16)17(38)31-13-18(39)37-14(20(40)41)9(8-46-19(13)37)6-36-7-11(15(27)35(36)3)30-23(44)29-10(4-25)5-26/h7,10,13,19,27H,4-6,8,25-26H2,1-3H3,(H7,28,29,30,31,32,34,38,40,41,42,43,44)/p+1/b33-12-/t13-,19?/m1/s1. The lowest BCUT2D eigenvalue weighted by Gasteiger charge is -2.49. The Kier molecular flexibility index (Phi) is 10.2. The Bertz CT molecular complexity index is 1670. The van der Waals surface area contributed by atoms with Gasteiger partial charge in [0.05, 0.1) is 13.1 Å². The number of urea groups is 1. The molecule has 4 amide bonds. The third-order valence-electron chi connectivity index (χ3n) is 7.08. The predicted octanol–water partition coefficient (Wildman–Crippen LogP) is -3.24. The fourth-order valence-electron chi connectivity index (χ4n) is 4.34. The molecule has 0 saturated carbocycles. The lowest BCUT2D eigenvalue weighted by atomic mass is 10.0. The third-order valence-corrected chi connectivity index (χ3v) is 8.96. The van der Waals surface area contributed by atoms with Crippen molar-refractivity contribution in [3.05, 3.63) is 23.3 Å². The van der Waals surface area contributed by atoms with Gasteiger partial charge < -0.3 is 48.6 Å². The number of aliphatic carboxylic acids is 2. The SMILES string of the molecule is Cn1c(N)c(NC(=O)NC(CN)CN)c[n+]1CC1=C(C(=O)O)N2C(=O)[C@@H](NC(=O)/C(=N\OC(C)(C)C(=O)O)c3nsc(N)n3)C2SC1. The van der Waals surface area contributed by atoms with Gasteiger partial charge in [-0.05, 0) is 13.8 Å². The zero-order valence-corrected chi connectivity index (χ0v) is 26.9. The highest BCUT2D eigenvalue weighted by atomic mass is 32.2. The van der Waals surface area contributed by atoms with Crippen LogP contribution < -0.4 is 43.6 Å². The summed E-state index contributed by atoms with van der Waals surface area (Å²) in [6.07, 6.45) is 1.51. The van der Waals surface area contributed by atoms with Gasteiger partial charge in [-0.3, -0.25) is 19.8 Å². The number of nitrogen functional groups attached to an aromatic ring is 2. The molecule has 4 heterocycles. The second-order valence-corrected chi connectivity index (χ2v) is 12.6. The van der Waals surface area contributed by atoms with E-state index in [0.29, 0.717) is 5.57 Å². The number of fused-ring (bicyclic) bond motifs is 1. The summed E-state index contributed by atoms with van der Waals surface area (Å²) in [6.45, 7) is 2.66. The molecule has 0 radical (unpaired) electrons. The number of rotatable bonds is 13. The van der Waals surface area contributed by atoms with E-state index in [0.717, 1.165) is 16.4 Å². The van der Waals surface area contributed by atoms with E-state index >= 15 is 0 Å². The van der Waals surface area contributed by atoms with Crippen molar-refractivity contribution in [3.8, 4) is 0 Å². The summed E-state index contributed by atoms with van der Waals surface area (Å²) in [5.74, 6) is -4.36. The Morgan fingerprint density at radius 3 is 2.49 bits per heavy atom. The van der Waals surface area contributed by atoms with E-state index in [1.54, 1.807) is 11.7 Å². The summed E-state index contributed by atoms with van der Waals surface area (Å²) in [4.78, 5) is 72.9. The van der Waals surface area contributed by atoms with Gasteiger partial charge in [0.25, 0.3) is 11.8 Å². The fourth-order valence-corrected chi connectivity index (χ4v) is 6.11. The van der Waals surface area contributed by atoms with E-state index in [-0.39, 0.29) is 53.5 Å². The van der Waals surface area contributed by atoms with Gasteiger partial charge in [0.2, 0.25) is 23.3 Å². The molecule has 1 saturated heterocycles. The summed E-state index contributed by atoms with van der Waals surface area (Å²) in [5.41, 5.74) is 20.9. The van der Waals surface area contributed by atoms with E-state index in [1.165, 1.54) is 36.5 Å². The topological polar surface area (TPSA) is 325 Å². The van der Waals surface area contributed by atoms with Crippen molar-refractivity contribution in [3.63, 3.8) is 0 Å². The number of amides is 4. The quantitative estimate of drug-likeness (QED) is 0.0430. The van der Waals surface area contributed by atoms with Crippen LogP contribution in [0.1, 0.15) is 19.7 Å². The number of nitrogens with two attached hydrogens (primary N) is 4. The minimum atomic E-state index is -1.82. The molecule has 254 valence electrons. The number of carbonyl (C=O) groups is 5. The number of nitrogens with zero attached hydrogens (tertiary/aromatic N) is 6. The molecule has 2 aromatic rings. The first-order valence-electron chi connectivity index (χ1n) is 13.7. The maximum atomic E-state index is 13.3. The average molecular weight is 697 g/mol. The normalized spacial score (nSPS) is 18.0. The number of hydrogen-bond donors (Lipinski definition) is 9. The number of aromatic nitrogens is 4. The van der Waals surface area contributed by atoms with Crippen LogP contribution in [0.5, 0.6) is 0 Å². The van der Waals surface area contributed by atoms with Crippen molar-refractivity contribution in [1.82, 2.24) is 29.6 Å². The lowest BCUT2D eigenvalue weighted by molar-refractivity contribution is -0.765. The van der Waals surface area contributed by atoms with Crippen LogP contribution in [-0.2, 0) is 37.6 Å². The molecule has 0 aromatic carbocycles. The molecule has 13 N–H and O–H groups in total. The van der Waals surface area contributed by atoms with Gasteiger partial charge in [0.1, 0.15) is 17.1 Å². The van der Waals surface area contributed by atoms with E-state index < -0.39 is 58.6 Å². The molecule has 1 unspecified atom stereocenters. The monoisotopic (exact) mass is 696 g/mol. The van der Waals surface area contributed by atoms with E-state index in [2.05, 4.69) is 30.5 Å². The third kappa shape index (κ3) is 7.21. The van der Waals surface area contributed by atoms with Gasteiger partial charge in [-0.1, -0.05) is 5.16 Å². The molecule has 21 nitrogen and oxygen atoms in total. The van der Waals surface area contributed by atoms with Gasteiger partial charge in [0.15, 0.2) is 23.2 Å².